The second-order valence-corrected chi connectivity index (χ2v) is 2.87. The largest absolute Gasteiger partial charge is 0.323 e. The minimum absolute atomic E-state index is 0.0265. The van der Waals surface area contributed by atoms with Gasteiger partial charge in [0.1, 0.15) is 11.6 Å². The zero-order valence-corrected chi connectivity index (χ0v) is 8.07. The first-order valence-electron chi connectivity index (χ1n) is 4.39. The molecule has 0 fully saturated rings. The van der Waals surface area contributed by atoms with E-state index in [-0.39, 0.29) is 5.69 Å². The van der Waals surface area contributed by atoms with E-state index < -0.39 is 4.92 Å². The van der Waals surface area contributed by atoms with Gasteiger partial charge in [0.25, 0.3) is 5.69 Å². The lowest BCUT2D eigenvalue weighted by molar-refractivity contribution is -0.384. The van der Waals surface area contributed by atoms with E-state index in [1.54, 1.807) is 0 Å². The number of aromatic nitrogens is 3. The van der Waals surface area contributed by atoms with Crippen molar-refractivity contribution in [1.82, 2.24) is 15.0 Å². The number of nitrogens with zero attached hydrogens (tertiary/aromatic N) is 4. The van der Waals surface area contributed by atoms with E-state index in [1.165, 1.54) is 36.9 Å². The summed E-state index contributed by atoms with van der Waals surface area (Å²) in [5.74, 6) is 0.838. The van der Waals surface area contributed by atoms with Gasteiger partial charge in [-0.1, -0.05) is 0 Å². The quantitative estimate of drug-likeness (QED) is 0.618. The zero-order valence-electron chi connectivity index (χ0n) is 8.07. The molecule has 0 aliphatic heterocycles. The van der Waals surface area contributed by atoms with Crippen LogP contribution in [0.25, 0.3) is 0 Å². The lowest BCUT2D eigenvalue weighted by atomic mass is 10.4. The molecule has 1 N–H and O–H groups in total. The Morgan fingerprint density at radius 1 is 1.19 bits per heavy atom. The SMILES string of the molecule is O=[N+]([O-])c1ccnc(Nc2cnccn2)c1. The van der Waals surface area contributed by atoms with Gasteiger partial charge in [-0.2, -0.15) is 0 Å². The topological polar surface area (TPSA) is 93.8 Å². The molecule has 0 saturated heterocycles. The van der Waals surface area contributed by atoms with Crippen LogP contribution in [0.3, 0.4) is 0 Å². The van der Waals surface area contributed by atoms with E-state index in [1.807, 2.05) is 0 Å². The van der Waals surface area contributed by atoms with Crippen LogP contribution in [0.4, 0.5) is 17.3 Å². The lowest BCUT2D eigenvalue weighted by Crippen LogP contribution is -1.97. The van der Waals surface area contributed by atoms with Crippen molar-refractivity contribution < 1.29 is 4.92 Å². The Kier molecular flexibility index (Phi) is 2.68. The van der Waals surface area contributed by atoms with Gasteiger partial charge in [0.05, 0.1) is 17.2 Å². The Labute approximate surface area is 90.4 Å². The molecule has 7 heteroatoms. The van der Waals surface area contributed by atoms with Crippen LogP contribution in [0.1, 0.15) is 0 Å². The normalized spacial score (nSPS) is 9.75. The monoisotopic (exact) mass is 217 g/mol. The average molecular weight is 217 g/mol. The van der Waals surface area contributed by atoms with Gasteiger partial charge in [0, 0.05) is 24.7 Å². The molecule has 0 spiro atoms. The Morgan fingerprint density at radius 3 is 2.69 bits per heavy atom. The molecular formula is C9H7N5O2. The third-order valence-corrected chi connectivity index (χ3v) is 1.77. The van der Waals surface area contributed by atoms with Crippen molar-refractivity contribution in [1.29, 1.82) is 0 Å². The third-order valence-electron chi connectivity index (χ3n) is 1.77. The molecular weight excluding hydrogens is 210 g/mol. The van der Waals surface area contributed by atoms with Gasteiger partial charge < -0.3 is 5.32 Å². The number of hydrogen-bond donors (Lipinski definition) is 1. The summed E-state index contributed by atoms with van der Waals surface area (Å²) in [5, 5.41) is 13.3. The molecule has 16 heavy (non-hydrogen) atoms. The Morgan fingerprint density at radius 2 is 2.00 bits per heavy atom. The molecule has 2 rings (SSSR count). The van der Waals surface area contributed by atoms with Crippen LogP contribution in [0.2, 0.25) is 0 Å². The van der Waals surface area contributed by atoms with Crippen molar-refractivity contribution in [3.05, 3.63) is 47.0 Å². The van der Waals surface area contributed by atoms with Crippen LogP contribution in [-0.4, -0.2) is 19.9 Å². The molecule has 2 aromatic rings. The number of nitrogens with one attached hydrogen (secondary N) is 1. The van der Waals surface area contributed by atoms with E-state index in [9.17, 15) is 10.1 Å². The van der Waals surface area contributed by atoms with Gasteiger partial charge in [0.15, 0.2) is 0 Å². The fraction of sp³-hybridized carbons (Fsp3) is 0. The van der Waals surface area contributed by atoms with Crippen molar-refractivity contribution in [3.8, 4) is 0 Å². The fourth-order valence-electron chi connectivity index (χ4n) is 1.10. The zero-order chi connectivity index (χ0) is 11.4. The Bertz CT molecular complexity index is 502. The van der Waals surface area contributed by atoms with Gasteiger partial charge in [-0.15, -0.1) is 0 Å². The molecule has 2 aromatic heterocycles. The summed E-state index contributed by atoms with van der Waals surface area (Å²) < 4.78 is 0. The van der Waals surface area contributed by atoms with E-state index in [0.717, 1.165) is 0 Å². The molecule has 0 aromatic carbocycles. The number of rotatable bonds is 3. The second kappa shape index (κ2) is 4.30. The first-order chi connectivity index (χ1) is 7.75. The maximum absolute atomic E-state index is 10.5. The smallest absolute Gasteiger partial charge is 0.274 e. The van der Waals surface area contributed by atoms with Gasteiger partial charge in [-0.05, 0) is 0 Å². The molecule has 0 unspecified atom stereocenters. The standard InChI is InChI=1S/C9H7N5O2/c15-14(16)7-1-2-11-8(5-7)13-9-6-10-3-4-12-9/h1-6H,(H,11,12,13). The highest BCUT2D eigenvalue weighted by atomic mass is 16.6. The van der Waals surface area contributed by atoms with E-state index in [2.05, 4.69) is 20.3 Å². The number of nitro groups is 1. The van der Waals surface area contributed by atoms with Crippen LogP contribution in [-0.2, 0) is 0 Å². The highest BCUT2D eigenvalue weighted by Gasteiger charge is 2.06. The molecule has 0 atom stereocenters. The minimum atomic E-state index is -0.483. The lowest BCUT2D eigenvalue weighted by Gasteiger charge is -2.02. The average Bonchev–Trinajstić information content (AvgIpc) is 2.30. The van der Waals surface area contributed by atoms with Crippen molar-refractivity contribution in [2.45, 2.75) is 0 Å². The van der Waals surface area contributed by atoms with Gasteiger partial charge >= 0.3 is 0 Å². The molecule has 0 bridgehead atoms. The summed E-state index contributed by atoms with van der Waals surface area (Å²) in [4.78, 5) is 21.8. The molecule has 2 heterocycles. The summed E-state index contributed by atoms with van der Waals surface area (Å²) in [7, 11) is 0. The predicted octanol–water partition coefficient (Wildman–Crippen LogP) is 1.52. The van der Waals surface area contributed by atoms with E-state index in [0.29, 0.717) is 11.6 Å². The van der Waals surface area contributed by atoms with E-state index in [4.69, 9.17) is 0 Å². The summed E-state index contributed by atoms with van der Waals surface area (Å²) in [6.07, 6.45) is 5.91. The summed E-state index contributed by atoms with van der Waals surface area (Å²) in [6.45, 7) is 0. The van der Waals surface area contributed by atoms with Crippen molar-refractivity contribution in [3.63, 3.8) is 0 Å². The van der Waals surface area contributed by atoms with Crippen LogP contribution in [0.5, 0.6) is 0 Å². The number of anilines is 2. The van der Waals surface area contributed by atoms with E-state index >= 15 is 0 Å². The van der Waals surface area contributed by atoms with Gasteiger partial charge in [-0.3, -0.25) is 15.1 Å². The highest BCUT2D eigenvalue weighted by Crippen LogP contribution is 2.16. The van der Waals surface area contributed by atoms with Crippen molar-refractivity contribution >= 4 is 17.3 Å². The van der Waals surface area contributed by atoms with Crippen molar-refractivity contribution in [2.75, 3.05) is 5.32 Å². The molecule has 0 aliphatic carbocycles. The number of pyridine rings is 1. The molecule has 80 valence electrons. The second-order valence-electron chi connectivity index (χ2n) is 2.87. The molecule has 0 saturated carbocycles. The first-order valence-corrected chi connectivity index (χ1v) is 4.39. The van der Waals surface area contributed by atoms with Crippen molar-refractivity contribution in [2.24, 2.45) is 0 Å². The van der Waals surface area contributed by atoms with Gasteiger partial charge in [0.2, 0.25) is 0 Å². The highest BCUT2D eigenvalue weighted by molar-refractivity contribution is 5.53. The predicted molar refractivity (Wildman–Crippen MR) is 56.2 cm³/mol. The Hall–Kier alpha value is -2.57. The molecule has 7 nitrogen and oxygen atoms in total. The first kappa shape index (κ1) is 9.97. The van der Waals surface area contributed by atoms with Crippen LogP contribution in [0, 0.1) is 10.1 Å². The fourth-order valence-corrected chi connectivity index (χ4v) is 1.10. The summed E-state index contributed by atoms with van der Waals surface area (Å²) in [6, 6.07) is 2.65. The molecule has 0 amide bonds. The molecule has 0 aliphatic rings. The number of hydrogen-bond acceptors (Lipinski definition) is 6. The van der Waals surface area contributed by atoms with Gasteiger partial charge in [-0.25, -0.2) is 9.97 Å². The van der Waals surface area contributed by atoms with Crippen LogP contribution in [0.15, 0.2) is 36.9 Å². The third kappa shape index (κ3) is 2.27. The Balaban J connectivity index is 2.22. The maximum atomic E-state index is 10.5. The van der Waals surface area contributed by atoms with Crippen LogP contribution < -0.4 is 5.32 Å². The summed E-state index contributed by atoms with van der Waals surface area (Å²) in [5.41, 5.74) is -0.0265. The molecule has 0 radical (unpaired) electrons. The maximum Gasteiger partial charge on any atom is 0.274 e. The minimum Gasteiger partial charge on any atom is -0.323 e. The summed E-state index contributed by atoms with van der Waals surface area (Å²) >= 11 is 0. The van der Waals surface area contributed by atoms with Crippen LogP contribution >= 0.6 is 0 Å².